The van der Waals surface area contributed by atoms with Crippen molar-refractivity contribution in [2.45, 2.75) is 51.2 Å². The van der Waals surface area contributed by atoms with E-state index in [-0.39, 0.29) is 5.91 Å². The number of benzene rings is 1. The Morgan fingerprint density at radius 2 is 2.04 bits per heavy atom. The molecule has 25 heavy (non-hydrogen) atoms. The number of piperidine rings is 1. The van der Waals surface area contributed by atoms with Crippen molar-refractivity contribution in [1.82, 2.24) is 4.90 Å². The molecule has 2 aromatic rings. The molecule has 1 aromatic carbocycles. The van der Waals surface area contributed by atoms with Crippen LogP contribution in [0.1, 0.15) is 47.4 Å². The Balaban J connectivity index is 1.54. The molecule has 4 rings (SSSR count). The van der Waals surface area contributed by atoms with Crippen molar-refractivity contribution < 1.29 is 19.1 Å². The molecule has 2 aliphatic heterocycles. The van der Waals surface area contributed by atoms with E-state index in [1.54, 1.807) is 0 Å². The van der Waals surface area contributed by atoms with Gasteiger partial charge in [-0.15, -0.1) is 0 Å². The number of hydrogen-bond donors (Lipinski definition) is 1. The van der Waals surface area contributed by atoms with Crippen LogP contribution in [0.4, 0.5) is 0 Å². The summed E-state index contributed by atoms with van der Waals surface area (Å²) in [5.74, 6) is 0.369. The van der Waals surface area contributed by atoms with E-state index in [0.717, 1.165) is 34.9 Å². The number of furan rings is 1. The van der Waals surface area contributed by atoms with Crippen molar-refractivity contribution >= 4 is 16.9 Å². The van der Waals surface area contributed by atoms with E-state index in [1.807, 2.05) is 30.9 Å². The number of rotatable bonds is 1. The van der Waals surface area contributed by atoms with E-state index in [1.165, 1.54) is 0 Å². The highest BCUT2D eigenvalue weighted by Gasteiger charge is 2.44. The van der Waals surface area contributed by atoms with Gasteiger partial charge in [0, 0.05) is 30.6 Å². The lowest BCUT2D eigenvalue weighted by atomic mass is 9.82. The molecular weight excluding hydrogens is 318 g/mol. The Morgan fingerprint density at radius 1 is 1.28 bits per heavy atom. The zero-order valence-electron chi connectivity index (χ0n) is 14.9. The summed E-state index contributed by atoms with van der Waals surface area (Å²) < 4.78 is 11.8. The van der Waals surface area contributed by atoms with Crippen LogP contribution >= 0.6 is 0 Å². The maximum atomic E-state index is 13.0. The molecule has 0 bridgehead atoms. The van der Waals surface area contributed by atoms with Gasteiger partial charge in [-0.05, 0) is 51.7 Å². The largest absolute Gasteiger partial charge is 0.451 e. The molecular formula is C20H25NO4. The van der Waals surface area contributed by atoms with E-state index >= 15 is 0 Å². The van der Waals surface area contributed by atoms with Gasteiger partial charge in [-0.2, -0.15) is 0 Å². The van der Waals surface area contributed by atoms with E-state index in [0.29, 0.717) is 38.3 Å². The molecule has 1 aromatic heterocycles. The van der Waals surface area contributed by atoms with Crippen molar-refractivity contribution in [2.24, 2.45) is 0 Å². The van der Waals surface area contributed by atoms with E-state index < -0.39 is 11.7 Å². The van der Waals surface area contributed by atoms with Gasteiger partial charge in [-0.1, -0.05) is 11.6 Å². The second-order valence-electron chi connectivity index (χ2n) is 7.42. The molecule has 1 spiro atoms. The summed E-state index contributed by atoms with van der Waals surface area (Å²) in [5, 5.41) is 11.3. The number of carbonyl (C=O) groups is 1. The number of ether oxygens (including phenoxy) is 1. The average Bonchev–Trinajstić information content (AvgIpc) is 2.94. The van der Waals surface area contributed by atoms with Crippen LogP contribution in [0, 0.1) is 13.8 Å². The number of aliphatic hydroxyl groups excluding tert-OH is 1. The third-order valence-electron chi connectivity index (χ3n) is 5.80. The molecule has 5 heteroatoms. The minimum Gasteiger partial charge on any atom is -0.451 e. The summed E-state index contributed by atoms with van der Waals surface area (Å²) >= 11 is 0. The predicted octanol–water partition coefficient (Wildman–Crippen LogP) is 3.20. The molecule has 2 aliphatic rings. The van der Waals surface area contributed by atoms with Crippen LogP contribution in [0.15, 0.2) is 22.6 Å². The van der Waals surface area contributed by atoms with Gasteiger partial charge in [0.25, 0.3) is 5.91 Å². The highest BCUT2D eigenvalue weighted by atomic mass is 16.5. The number of aliphatic hydroxyl groups is 1. The number of nitrogens with zero attached hydrogens (tertiary/aromatic N) is 1. The number of hydrogen-bond acceptors (Lipinski definition) is 4. The summed E-state index contributed by atoms with van der Waals surface area (Å²) in [5.41, 5.74) is 2.34. The molecule has 1 amide bonds. The van der Waals surface area contributed by atoms with Crippen LogP contribution in [0.25, 0.3) is 11.0 Å². The Morgan fingerprint density at radius 3 is 2.76 bits per heavy atom. The zero-order chi connectivity index (χ0) is 17.6. The van der Waals surface area contributed by atoms with Crippen molar-refractivity contribution in [2.75, 3.05) is 19.7 Å². The standard InChI is InChI=1S/C20H25NO4/c1-13-5-6-16-15(12-13)14(2)18(25-16)19(23)21-9-7-20(8-10-21)17(22)4-3-11-24-20/h5-6,12,17,22H,3-4,7-11H2,1-2H3/t17-/m0/s1. The van der Waals surface area contributed by atoms with Gasteiger partial charge < -0.3 is 19.2 Å². The minimum atomic E-state index is -0.463. The quantitative estimate of drug-likeness (QED) is 0.864. The van der Waals surface area contributed by atoms with Gasteiger partial charge in [-0.25, -0.2) is 0 Å². The molecule has 0 radical (unpaired) electrons. The summed E-state index contributed by atoms with van der Waals surface area (Å²) in [6, 6.07) is 5.97. The van der Waals surface area contributed by atoms with Crippen LogP contribution in [-0.4, -0.2) is 47.3 Å². The van der Waals surface area contributed by atoms with Crippen LogP contribution in [0.3, 0.4) is 0 Å². The first kappa shape index (κ1) is 16.6. The van der Waals surface area contributed by atoms with Gasteiger partial charge in [0.1, 0.15) is 5.58 Å². The predicted molar refractivity (Wildman–Crippen MR) is 94.7 cm³/mol. The van der Waals surface area contributed by atoms with Crippen molar-refractivity contribution in [3.05, 3.63) is 35.1 Å². The van der Waals surface area contributed by atoms with Gasteiger partial charge in [0.05, 0.1) is 11.7 Å². The van der Waals surface area contributed by atoms with Crippen LogP contribution in [-0.2, 0) is 4.74 Å². The number of carbonyl (C=O) groups excluding carboxylic acids is 1. The van der Waals surface area contributed by atoms with Crippen LogP contribution in [0.2, 0.25) is 0 Å². The molecule has 0 saturated carbocycles. The topological polar surface area (TPSA) is 62.9 Å². The van der Waals surface area contributed by atoms with Crippen molar-refractivity contribution in [3.63, 3.8) is 0 Å². The summed E-state index contributed by atoms with van der Waals surface area (Å²) in [6.45, 7) is 5.86. The maximum Gasteiger partial charge on any atom is 0.289 e. The Hall–Kier alpha value is -1.85. The average molecular weight is 343 g/mol. The molecule has 3 heterocycles. The Kier molecular flexibility index (Phi) is 4.08. The monoisotopic (exact) mass is 343 g/mol. The first-order valence-corrected chi connectivity index (χ1v) is 9.11. The smallest absolute Gasteiger partial charge is 0.289 e. The van der Waals surface area contributed by atoms with Gasteiger partial charge in [0.15, 0.2) is 5.76 Å². The highest BCUT2D eigenvalue weighted by molar-refractivity contribution is 5.99. The molecule has 2 saturated heterocycles. The fourth-order valence-electron chi connectivity index (χ4n) is 4.16. The molecule has 2 fully saturated rings. The summed E-state index contributed by atoms with van der Waals surface area (Å²) in [7, 11) is 0. The highest BCUT2D eigenvalue weighted by Crippen LogP contribution is 2.36. The number of likely N-dealkylation sites (tertiary alicyclic amines) is 1. The lowest BCUT2D eigenvalue weighted by Crippen LogP contribution is -2.56. The van der Waals surface area contributed by atoms with Crippen molar-refractivity contribution in [1.29, 1.82) is 0 Å². The molecule has 0 unspecified atom stereocenters. The van der Waals surface area contributed by atoms with Gasteiger partial charge in [0.2, 0.25) is 0 Å². The van der Waals surface area contributed by atoms with E-state index in [2.05, 4.69) is 6.07 Å². The SMILES string of the molecule is Cc1ccc2oc(C(=O)N3CCC4(CC3)OCCC[C@@H]4O)c(C)c2c1. The van der Waals surface area contributed by atoms with Gasteiger partial charge in [-0.3, -0.25) is 4.79 Å². The van der Waals surface area contributed by atoms with Crippen LogP contribution in [0.5, 0.6) is 0 Å². The second-order valence-corrected chi connectivity index (χ2v) is 7.42. The van der Waals surface area contributed by atoms with Gasteiger partial charge >= 0.3 is 0 Å². The fourth-order valence-corrected chi connectivity index (χ4v) is 4.16. The third kappa shape index (κ3) is 2.75. The normalized spacial score (nSPS) is 23.3. The lowest BCUT2D eigenvalue weighted by Gasteiger charge is -2.46. The Labute approximate surface area is 147 Å². The van der Waals surface area contributed by atoms with E-state index in [4.69, 9.17) is 9.15 Å². The maximum absolute atomic E-state index is 13.0. The molecule has 1 atom stereocenters. The molecule has 0 aliphatic carbocycles. The summed E-state index contributed by atoms with van der Waals surface area (Å²) in [4.78, 5) is 14.8. The molecule has 134 valence electrons. The number of fused-ring (bicyclic) bond motifs is 1. The fraction of sp³-hybridized carbons (Fsp3) is 0.550. The first-order valence-electron chi connectivity index (χ1n) is 9.11. The number of aryl methyl sites for hydroxylation is 2. The summed E-state index contributed by atoms with van der Waals surface area (Å²) in [6.07, 6.45) is 2.63. The van der Waals surface area contributed by atoms with E-state index in [9.17, 15) is 9.90 Å². The zero-order valence-corrected chi connectivity index (χ0v) is 14.9. The lowest BCUT2D eigenvalue weighted by molar-refractivity contribution is -0.174. The Bertz CT molecular complexity index is 801. The number of amides is 1. The first-order chi connectivity index (χ1) is 12.0. The third-order valence-corrected chi connectivity index (χ3v) is 5.80. The van der Waals surface area contributed by atoms with Crippen molar-refractivity contribution in [3.8, 4) is 0 Å². The minimum absolute atomic E-state index is 0.0634. The second kappa shape index (κ2) is 6.15. The molecule has 1 N–H and O–H groups in total. The molecule has 5 nitrogen and oxygen atoms in total. The van der Waals surface area contributed by atoms with Crippen LogP contribution < -0.4 is 0 Å².